The summed E-state index contributed by atoms with van der Waals surface area (Å²) in [7, 11) is 0. The molecule has 3 rings (SSSR count). The molecule has 0 saturated carbocycles. The van der Waals surface area contributed by atoms with Crippen molar-refractivity contribution in [1.29, 1.82) is 0 Å². The third kappa shape index (κ3) is 4.34. The molecule has 2 aromatic carbocycles. The summed E-state index contributed by atoms with van der Waals surface area (Å²) in [5, 5.41) is 0. The third-order valence-corrected chi connectivity index (χ3v) is 4.72. The lowest BCUT2D eigenvalue weighted by Crippen LogP contribution is -2.29. The van der Waals surface area contributed by atoms with E-state index in [1.54, 1.807) is 0 Å². The van der Waals surface area contributed by atoms with Crippen LogP contribution < -0.4 is 0 Å². The topological polar surface area (TPSA) is 18.5 Å². The number of rotatable bonds is 6. The average molecular weight is 300 g/mol. The second-order valence-corrected chi connectivity index (χ2v) is 6.28. The van der Waals surface area contributed by atoms with E-state index >= 15 is 0 Å². The van der Waals surface area contributed by atoms with Crippen molar-refractivity contribution in [2.24, 2.45) is 0 Å². The van der Waals surface area contributed by atoms with E-state index in [0.29, 0.717) is 13.2 Å². The molecule has 2 aromatic rings. The Hall–Kier alpha value is -1.29. The molecular weight excluding hydrogens is 280 g/mol. The molecule has 0 unspecified atom stereocenters. The second kappa shape index (κ2) is 7.64. The van der Waals surface area contributed by atoms with Crippen LogP contribution in [-0.2, 0) is 22.7 Å². The first-order valence-electron chi connectivity index (χ1n) is 7.30. The fraction of sp³-hybridized carbons (Fsp3) is 0.333. The first-order valence-corrected chi connectivity index (χ1v) is 8.46. The fourth-order valence-electron chi connectivity index (χ4n) is 2.38. The van der Waals surface area contributed by atoms with Crippen LogP contribution in [0.15, 0.2) is 60.7 Å². The molecule has 1 aliphatic rings. The molecule has 0 aromatic heterocycles. The van der Waals surface area contributed by atoms with Gasteiger partial charge in [0.1, 0.15) is 0 Å². The first-order chi connectivity index (χ1) is 10.4. The maximum absolute atomic E-state index is 6.04. The van der Waals surface area contributed by atoms with Crippen molar-refractivity contribution in [3.05, 3.63) is 71.8 Å². The monoisotopic (exact) mass is 300 g/mol. The molecule has 0 amide bonds. The van der Waals surface area contributed by atoms with Crippen LogP contribution in [0.25, 0.3) is 0 Å². The summed E-state index contributed by atoms with van der Waals surface area (Å²) in [5.41, 5.74) is 2.44. The van der Waals surface area contributed by atoms with Gasteiger partial charge in [-0.2, -0.15) is 11.8 Å². The van der Waals surface area contributed by atoms with Gasteiger partial charge >= 0.3 is 0 Å². The summed E-state index contributed by atoms with van der Waals surface area (Å²) in [5.74, 6) is 2.04. The third-order valence-electron chi connectivity index (χ3n) is 3.59. The summed E-state index contributed by atoms with van der Waals surface area (Å²) in [6.07, 6.45) is 0.387. The molecule has 0 bridgehead atoms. The van der Waals surface area contributed by atoms with E-state index in [1.807, 2.05) is 48.2 Å². The predicted octanol–water partition coefficient (Wildman–Crippen LogP) is 3.90. The summed E-state index contributed by atoms with van der Waals surface area (Å²) in [4.78, 5) is 0. The van der Waals surface area contributed by atoms with Crippen LogP contribution in [0.3, 0.4) is 0 Å². The first kappa shape index (κ1) is 14.6. The predicted molar refractivity (Wildman–Crippen MR) is 87.4 cm³/mol. The molecule has 21 heavy (non-hydrogen) atoms. The lowest BCUT2D eigenvalue weighted by molar-refractivity contribution is -0.0591. The number of ether oxygens (including phenoxy) is 2. The average Bonchev–Trinajstić information content (AvgIpc) is 3.00. The van der Waals surface area contributed by atoms with Crippen molar-refractivity contribution in [2.45, 2.75) is 25.4 Å². The maximum Gasteiger partial charge on any atom is 0.0939 e. The minimum Gasteiger partial charge on any atom is -0.370 e. The Morgan fingerprint density at radius 3 is 1.57 bits per heavy atom. The van der Waals surface area contributed by atoms with Gasteiger partial charge in [0, 0.05) is 11.5 Å². The Bertz CT molecular complexity index is 480. The molecule has 0 spiro atoms. The van der Waals surface area contributed by atoms with Crippen LogP contribution >= 0.6 is 11.8 Å². The molecule has 1 saturated heterocycles. The molecule has 1 heterocycles. The highest BCUT2D eigenvalue weighted by molar-refractivity contribution is 7.99. The number of thioether (sulfide) groups is 1. The van der Waals surface area contributed by atoms with E-state index < -0.39 is 0 Å². The van der Waals surface area contributed by atoms with Gasteiger partial charge in [-0.15, -0.1) is 0 Å². The second-order valence-electron chi connectivity index (χ2n) is 5.21. The van der Waals surface area contributed by atoms with E-state index in [4.69, 9.17) is 9.47 Å². The van der Waals surface area contributed by atoms with E-state index in [9.17, 15) is 0 Å². The van der Waals surface area contributed by atoms with Gasteiger partial charge in [-0.25, -0.2) is 0 Å². The lowest BCUT2D eigenvalue weighted by Gasteiger charge is -2.20. The SMILES string of the molecule is c1ccc(CO[C@H]2CSC[C@@H]2OCc2ccccc2)cc1. The molecule has 0 radical (unpaired) electrons. The van der Waals surface area contributed by atoms with Gasteiger partial charge in [-0.3, -0.25) is 0 Å². The van der Waals surface area contributed by atoms with Crippen molar-refractivity contribution in [1.82, 2.24) is 0 Å². The number of hydrogen-bond acceptors (Lipinski definition) is 3. The van der Waals surface area contributed by atoms with Crippen LogP contribution in [0.1, 0.15) is 11.1 Å². The molecule has 0 aliphatic carbocycles. The number of hydrogen-bond donors (Lipinski definition) is 0. The normalized spacial score (nSPS) is 21.5. The van der Waals surface area contributed by atoms with Crippen molar-refractivity contribution in [2.75, 3.05) is 11.5 Å². The zero-order valence-electron chi connectivity index (χ0n) is 12.0. The van der Waals surface area contributed by atoms with E-state index in [-0.39, 0.29) is 12.2 Å². The Morgan fingerprint density at radius 1 is 0.714 bits per heavy atom. The lowest BCUT2D eigenvalue weighted by atomic mass is 10.2. The summed E-state index contributed by atoms with van der Waals surface area (Å²) in [6.45, 7) is 1.33. The summed E-state index contributed by atoms with van der Waals surface area (Å²) < 4.78 is 12.1. The van der Waals surface area contributed by atoms with Crippen LogP contribution in [0.2, 0.25) is 0 Å². The zero-order valence-corrected chi connectivity index (χ0v) is 12.8. The van der Waals surface area contributed by atoms with Gasteiger partial charge in [0.25, 0.3) is 0 Å². The van der Waals surface area contributed by atoms with Gasteiger partial charge < -0.3 is 9.47 Å². The van der Waals surface area contributed by atoms with Gasteiger partial charge in [-0.05, 0) is 11.1 Å². The molecule has 0 N–H and O–H groups in total. The van der Waals surface area contributed by atoms with E-state index in [0.717, 1.165) is 11.5 Å². The number of benzene rings is 2. The van der Waals surface area contributed by atoms with E-state index in [2.05, 4.69) is 24.3 Å². The van der Waals surface area contributed by atoms with Crippen molar-refractivity contribution in [3.63, 3.8) is 0 Å². The minimum atomic E-state index is 0.193. The smallest absolute Gasteiger partial charge is 0.0939 e. The van der Waals surface area contributed by atoms with Gasteiger partial charge in [-0.1, -0.05) is 60.7 Å². The minimum absolute atomic E-state index is 0.193. The molecular formula is C18H20O2S. The Kier molecular flexibility index (Phi) is 5.33. The Labute approximate surface area is 130 Å². The highest BCUT2D eigenvalue weighted by atomic mass is 32.2. The molecule has 1 fully saturated rings. The Balaban J connectivity index is 1.49. The molecule has 110 valence electrons. The van der Waals surface area contributed by atoms with Crippen LogP contribution in [-0.4, -0.2) is 23.7 Å². The van der Waals surface area contributed by atoms with Crippen molar-refractivity contribution < 1.29 is 9.47 Å². The zero-order chi connectivity index (χ0) is 14.3. The van der Waals surface area contributed by atoms with Gasteiger partial charge in [0.2, 0.25) is 0 Å². The largest absolute Gasteiger partial charge is 0.370 e. The fourth-order valence-corrected chi connectivity index (χ4v) is 3.60. The molecule has 1 aliphatic heterocycles. The van der Waals surface area contributed by atoms with Crippen molar-refractivity contribution in [3.8, 4) is 0 Å². The summed E-state index contributed by atoms with van der Waals surface area (Å²) >= 11 is 1.91. The summed E-state index contributed by atoms with van der Waals surface area (Å²) in [6, 6.07) is 20.6. The molecule has 3 heteroatoms. The maximum atomic E-state index is 6.04. The highest BCUT2D eigenvalue weighted by Crippen LogP contribution is 2.25. The van der Waals surface area contributed by atoms with Crippen LogP contribution in [0, 0.1) is 0 Å². The Morgan fingerprint density at radius 2 is 1.14 bits per heavy atom. The van der Waals surface area contributed by atoms with E-state index in [1.165, 1.54) is 11.1 Å². The standard InChI is InChI=1S/C18H20O2S/c1-3-7-15(8-4-1)11-19-17-13-21-14-18(17)20-12-16-9-5-2-6-10-16/h1-10,17-18H,11-14H2/t17-,18-/m0/s1. The van der Waals surface area contributed by atoms with Crippen LogP contribution in [0.4, 0.5) is 0 Å². The van der Waals surface area contributed by atoms with Crippen LogP contribution in [0.5, 0.6) is 0 Å². The highest BCUT2D eigenvalue weighted by Gasteiger charge is 2.29. The van der Waals surface area contributed by atoms with Crippen molar-refractivity contribution >= 4 is 11.8 Å². The molecule has 2 atom stereocenters. The van der Waals surface area contributed by atoms with Gasteiger partial charge in [0.15, 0.2) is 0 Å². The molecule has 2 nitrogen and oxygen atoms in total. The quantitative estimate of drug-likeness (QED) is 0.806. The van der Waals surface area contributed by atoms with Gasteiger partial charge in [0.05, 0.1) is 25.4 Å².